The molecule has 4 heteroatoms. The van der Waals surface area contributed by atoms with Crippen molar-refractivity contribution >= 4 is 11.6 Å². The quantitative estimate of drug-likeness (QED) is 0.382. The van der Waals surface area contributed by atoms with E-state index in [0.29, 0.717) is 12.4 Å². The molecule has 0 bridgehead atoms. The maximum absolute atomic E-state index is 11.1. The Morgan fingerprint density at radius 3 is 2.23 bits per heavy atom. The molecule has 1 saturated heterocycles. The van der Waals surface area contributed by atoms with Crippen LogP contribution in [0.2, 0.25) is 0 Å². The summed E-state index contributed by atoms with van der Waals surface area (Å²) in [5, 5.41) is 2.88. The van der Waals surface area contributed by atoms with Gasteiger partial charge in [0.15, 0.2) is 11.6 Å². The van der Waals surface area contributed by atoms with Gasteiger partial charge in [-0.1, -0.05) is 0 Å². The minimum atomic E-state index is -0.260. The number of allylic oxidation sites excluding steroid dienone is 1. The monoisotopic (exact) mass is 183 g/mol. The zero-order valence-corrected chi connectivity index (χ0v) is 8.01. The molecule has 0 aromatic rings. The third-order valence-electron chi connectivity index (χ3n) is 1.80. The molecule has 0 spiro atoms. The molecule has 1 atom stereocenters. The number of Topliss-reactive ketones (excluding diaryl/α,β-unsaturated/α-hetero) is 2. The highest BCUT2D eigenvalue weighted by molar-refractivity contribution is 6.18. The number of ether oxygens (including phenoxy) is 1. The Morgan fingerprint density at radius 2 is 1.92 bits per heavy atom. The van der Waals surface area contributed by atoms with Gasteiger partial charge < -0.3 is 10.1 Å². The molecular weight excluding hydrogens is 170 g/mol. The van der Waals surface area contributed by atoms with Gasteiger partial charge in [0.05, 0.1) is 6.54 Å². The molecule has 1 aliphatic heterocycles. The van der Waals surface area contributed by atoms with Crippen LogP contribution in [0.25, 0.3) is 0 Å². The van der Waals surface area contributed by atoms with Crippen molar-refractivity contribution in [1.29, 1.82) is 0 Å². The summed E-state index contributed by atoms with van der Waals surface area (Å²) in [7, 11) is 0. The molecule has 1 N–H and O–H groups in total. The molecule has 1 rings (SSSR count). The Morgan fingerprint density at radius 1 is 1.38 bits per heavy atom. The van der Waals surface area contributed by atoms with Crippen molar-refractivity contribution in [3.63, 3.8) is 0 Å². The zero-order valence-electron chi connectivity index (χ0n) is 8.01. The topological polar surface area (TPSA) is 55.4 Å². The van der Waals surface area contributed by atoms with Crippen LogP contribution in [0.4, 0.5) is 0 Å². The first-order valence-corrected chi connectivity index (χ1v) is 4.19. The van der Waals surface area contributed by atoms with Gasteiger partial charge in [0, 0.05) is 0 Å². The van der Waals surface area contributed by atoms with Gasteiger partial charge in [-0.25, -0.2) is 0 Å². The lowest BCUT2D eigenvalue weighted by atomic mass is 10.1. The summed E-state index contributed by atoms with van der Waals surface area (Å²) in [4.78, 5) is 22.2. The van der Waals surface area contributed by atoms with E-state index in [1.54, 1.807) is 0 Å². The first-order valence-electron chi connectivity index (χ1n) is 4.19. The first-order chi connectivity index (χ1) is 6.02. The van der Waals surface area contributed by atoms with E-state index in [2.05, 4.69) is 5.32 Å². The summed E-state index contributed by atoms with van der Waals surface area (Å²) in [6.45, 7) is 5.23. The van der Waals surface area contributed by atoms with Crippen molar-refractivity contribution in [2.45, 2.75) is 26.9 Å². The Balaban J connectivity index is 2.97. The number of carbonyl (C=O) groups is 2. The van der Waals surface area contributed by atoms with Gasteiger partial charge in [-0.3, -0.25) is 9.59 Å². The van der Waals surface area contributed by atoms with Gasteiger partial charge in [-0.2, -0.15) is 0 Å². The number of hydrogen-bond acceptors (Lipinski definition) is 4. The zero-order chi connectivity index (χ0) is 10.0. The van der Waals surface area contributed by atoms with Gasteiger partial charge in [0.25, 0.3) is 0 Å². The molecule has 1 aliphatic rings. The van der Waals surface area contributed by atoms with Crippen molar-refractivity contribution in [2.75, 3.05) is 6.54 Å². The molecule has 13 heavy (non-hydrogen) atoms. The van der Waals surface area contributed by atoms with E-state index in [4.69, 9.17) is 4.74 Å². The van der Waals surface area contributed by atoms with E-state index < -0.39 is 0 Å². The fourth-order valence-corrected chi connectivity index (χ4v) is 1.24. The molecule has 0 aromatic heterocycles. The minimum absolute atomic E-state index is 0.0173. The van der Waals surface area contributed by atoms with E-state index in [-0.39, 0.29) is 23.2 Å². The van der Waals surface area contributed by atoms with Crippen LogP contribution in [0.15, 0.2) is 11.5 Å². The van der Waals surface area contributed by atoms with E-state index in [0.717, 1.165) is 0 Å². The second-order valence-corrected chi connectivity index (χ2v) is 3.13. The van der Waals surface area contributed by atoms with Crippen molar-refractivity contribution < 1.29 is 14.3 Å². The standard InChI is InChI=1S/C9H13NO3/c1-5-4-10-9(13-5)8(6(2)11)7(3)12/h5,10H,4H2,1-3H3. The van der Waals surface area contributed by atoms with Crippen molar-refractivity contribution in [1.82, 2.24) is 5.32 Å². The van der Waals surface area contributed by atoms with Crippen LogP contribution in [-0.2, 0) is 14.3 Å². The van der Waals surface area contributed by atoms with Gasteiger partial charge >= 0.3 is 0 Å². The summed E-state index contributed by atoms with van der Waals surface area (Å²) in [6.07, 6.45) is 0.0173. The van der Waals surface area contributed by atoms with Gasteiger partial charge in [0.2, 0.25) is 5.88 Å². The Labute approximate surface area is 76.9 Å². The molecule has 72 valence electrons. The number of rotatable bonds is 2. The molecule has 1 fully saturated rings. The van der Waals surface area contributed by atoms with Gasteiger partial charge in [-0.05, 0) is 20.8 Å². The van der Waals surface area contributed by atoms with Crippen molar-refractivity contribution in [3.8, 4) is 0 Å². The van der Waals surface area contributed by atoms with Gasteiger partial charge in [-0.15, -0.1) is 0 Å². The maximum atomic E-state index is 11.1. The average molecular weight is 183 g/mol. The lowest BCUT2D eigenvalue weighted by Gasteiger charge is -2.05. The highest BCUT2D eigenvalue weighted by Crippen LogP contribution is 2.13. The minimum Gasteiger partial charge on any atom is -0.474 e. The second-order valence-electron chi connectivity index (χ2n) is 3.13. The van der Waals surface area contributed by atoms with Gasteiger partial charge in [0.1, 0.15) is 11.7 Å². The van der Waals surface area contributed by atoms with Crippen LogP contribution in [0, 0.1) is 0 Å². The van der Waals surface area contributed by atoms with E-state index in [1.807, 2.05) is 6.92 Å². The fourth-order valence-electron chi connectivity index (χ4n) is 1.24. The molecule has 0 aliphatic carbocycles. The molecule has 4 nitrogen and oxygen atoms in total. The smallest absolute Gasteiger partial charge is 0.201 e. The summed E-state index contributed by atoms with van der Waals surface area (Å²) in [5.41, 5.74) is 0.129. The van der Waals surface area contributed by atoms with Crippen molar-refractivity contribution in [3.05, 3.63) is 11.5 Å². The Hall–Kier alpha value is -1.32. The molecule has 0 amide bonds. The molecule has 1 heterocycles. The third-order valence-corrected chi connectivity index (χ3v) is 1.80. The predicted octanol–water partition coefficient (Wildman–Crippen LogP) is 0.384. The van der Waals surface area contributed by atoms with E-state index in [9.17, 15) is 9.59 Å². The predicted molar refractivity (Wildman–Crippen MR) is 46.9 cm³/mol. The van der Waals surface area contributed by atoms with Crippen molar-refractivity contribution in [2.24, 2.45) is 0 Å². The lowest BCUT2D eigenvalue weighted by Crippen LogP contribution is -2.16. The van der Waals surface area contributed by atoms with Crippen LogP contribution >= 0.6 is 0 Å². The number of nitrogens with one attached hydrogen (secondary N) is 1. The highest BCUT2D eigenvalue weighted by Gasteiger charge is 2.24. The molecule has 0 aromatic carbocycles. The Bertz CT molecular complexity index is 265. The maximum Gasteiger partial charge on any atom is 0.201 e. The average Bonchev–Trinajstić information content (AvgIpc) is 2.34. The number of hydrogen-bond donors (Lipinski definition) is 1. The largest absolute Gasteiger partial charge is 0.474 e. The van der Waals surface area contributed by atoms with Crippen LogP contribution in [0.1, 0.15) is 20.8 Å². The molecule has 1 unspecified atom stereocenters. The molecule has 0 radical (unpaired) electrons. The highest BCUT2D eigenvalue weighted by atomic mass is 16.5. The third kappa shape index (κ3) is 2.08. The summed E-state index contributed by atoms with van der Waals surface area (Å²) < 4.78 is 5.27. The first kappa shape index (κ1) is 9.77. The second kappa shape index (κ2) is 3.60. The van der Waals surface area contributed by atoms with E-state index in [1.165, 1.54) is 13.8 Å². The molecule has 0 saturated carbocycles. The van der Waals surface area contributed by atoms with Crippen LogP contribution in [-0.4, -0.2) is 24.2 Å². The van der Waals surface area contributed by atoms with Crippen LogP contribution < -0.4 is 5.32 Å². The summed E-state index contributed by atoms with van der Waals surface area (Å²) >= 11 is 0. The fraction of sp³-hybridized carbons (Fsp3) is 0.556. The number of ketones is 2. The molecular formula is C9H13NO3. The number of carbonyl (C=O) groups excluding carboxylic acids is 2. The lowest BCUT2D eigenvalue weighted by molar-refractivity contribution is -0.119. The summed E-state index contributed by atoms with van der Waals surface area (Å²) in [6, 6.07) is 0. The SMILES string of the molecule is CC(=O)C(C(C)=O)=C1NCC(C)O1. The normalized spacial score (nSPS) is 20.5. The van der Waals surface area contributed by atoms with Crippen LogP contribution in [0.3, 0.4) is 0 Å². The Kier molecular flexibility index (Phi) is 2.70. The summed E-state index contributed by atoms with van der Waals surface area (Å²) in [5.74, 6) is -0.194. The van der Waals surface area contributed by atoms with Crippen LogP contribution in [0.5, 0.6) is 0 Å². The van der Waals surface area contributed by atoms with E-state index >= 15 is 0 Å².